The summed E-state index contributed by atoms with van der Waals surface area (Å²) in [6, 6.07) is -0.346. The van der Waals surface area contributed by atoms with E-state index in [1.807, 2.05) is 0 Å². The Bertz CT molecular complexity index is 175. The lowest BCUT2D eigenvalue weighted by Crippen LogP contribution is -2.44. The van der Waals surface area contributed by atoms with Crippen molar-refractivity contribution in [1.82, 2.24) is 10.9 Å². The average Bonchev–Trinajstić information content (AvgIpc) is 2.15. The number of hydrazine groups is 1. The minimum Gasteiger partial charge on any atom is -0.480 e. The zero-order chi connectivity index (χ0) is 10.8. The van der Waals surface area contributed by atoms with Crippen LogP contribution < -0.4 is 16.6 Å². The van der Waals surface area contributed by atoms with Gasteiger partial charge < -0.3 is 15.6 Å². The number of aldehydes is 1. The number of unbranched alkanes of at least 4 members (excludes halogenated alkanes) is 1. The lowest BCUT2D eigenvalue weighted by atomic mass is 10.1. The molecule has 5 N–H and O–H groups in total. The van der Waals surface area contributed by atoms with Gasteiger partial charge in [-0.3, -0.25) is 4.79 Å². The number of carbonyl (C=O) groups excluding carboxylic acids is 1. The Balaban J connectivity index is 3.47. The third-order valence-corrected chi connectivity index (χ3v) is 1.66. The van der Waals surface area contributed by atoms with E-state index in [1.165, 1.54) is 0 Å². The lowest BCUT2D eigenvalue weighted by molar-refractivity contribution is -0.136. The predicted molar refractivity (Wildman–Crippen MR) is 51.5 cm³/mol. The summed E-state index contributed by atoms with van der Waals surface area (Å²) in [6.45, 7) is 0.398. The number of hydrogen-bond donors (Lipinski definition) is 4. The van der Waals surface area contributed by atoms with Crippen molar-refractivity contribution in [2.45, 2.75) is 25.3 Å². The number of nitrogens with one attached hydrogen (secondary N) is 2. The first kappa shape index (κ1) is 13.0. The van der Waals surface area contributed by atoms with Gasteiger partial charge >= 0.3 is 5.97 Å². The third-order valence-electron chi connectivity index (χ3n) is 1.66. The van der Waals surface area contributed by atoms with Crippen molar-refractivity contribution in [3.8, 4) is 0 Å². The smallest absolute Gasteiger partial charge is 0.318 e. The Morgan fingerprint density at radius 1 is 1.50 bits per heavy atom. The van der Waals surface area contributed by atoms with Crippen molar-refractivity contribution in [2.75, 3.05) is 13.1 Å². The van der Waals surface area contributed by atoms with E-state index < -0.39 is 5.97 Å². The minimum atomic E-state index is -0.968. The summed E-state index contributed by atoms with van der Waals surface area (Å²) in [6.07, 6.45) is 3.13. The van der Waals surface area contributed by atoms with Gasteiger partial charge in [0.15, 0.2) is 0 Å². The van der Waals surface area contributed by atoms with Crippen molar-refractivity contribution in [2.24, 2.45) is 5.73 Å². The molecule has 0 heterocycles. The van der Waals surface area contributed by atoms with E-state index in [0.717, 1.165) is 19.1 Å². The number of aliphatic carboxylic acids is 1. The second kappa shape index (κ2) is 8.61. The third kappa shape index (κ3) is 7.66. The van der Waals surface area contributed by atoms with Gasteiger partial charge in [-0.05, 0) is 19.4 Å². The normalized spacial score (nSPS) is 12.4. The first-order chi connectivity index (χ1) is 6.70. The number of nitrogens with two attached hydrogens (primary N) is 1. The zero-order valence-electron chi connectivity index (χ0n) is 8.03. The van der Waals surface area contributed by atoms with Crippen molar-refractivity contribution in [3.05, 3.63) is 0 Å². The highest BCUT2D eigenvalue weighted by Crippen LogP contribution is 1.96. The molecule has 1 atom stereocenters. The van der Waals surface area contributed by atoms with Crippen LogP contribution in [0.25, 0.3) is 0 Å². The molecule has 0 aliphatic carbocycles. The monoisotopic (exact) mass is 203 g/mol. The Kier molecular flexibility index (Phi) is 8.01. The van der Waals surface area contributed by atoms with Crippen molar-refractivity contribution >= 4 is 12.3 Å². The Morgan fingerprint density at radius 2 is 2.21 bits per heavy atom. The predicted octanol–water partition coefficient (Wildman–Crippen LogP) is -1.14. The quantitative estimate of drug-likeness (QED) is 0.214. The van der Waals surface area contributed by atoms with Crippen LogP contribution in [0.4, 0.5) is 0 Å². The molecule has 14 heavy (non-hydrogen) atoms. The molecule has 0 rings (SSSR count). The molecule has 0 aromatic rings. The number of hydrogen-bond acceptors (Lipinski definition) is 5. The Hall–Kier alpha value is -0.980. The van der Waals surface area contributed by atoms with Crippen molar-refractivity contribution in [1.29, 1.82) is 0 Å². The fourth-order valence-electron chi connectivity index (χ4n) is 0.941. The molecule has 0 aliphatic rings. The summed E-state index contributed by atoms with van der Waals surface area (Å²) in [5.74, 6) is -0.968. The lowest BCUT2D eigenvalue weighted by Gasteiger charge is -2.11. The molecular formula is C8H17N3O3. The van der Waals surface area contributed by atoms with E-state index in [4.69, 9.17) is 10.8 Å². The van der Waals surface area contributed by atoms with Crippen LogP contribution >= 0.6 is 0 Å². The molecule has 0 spiro atoms. The highest BCUT2D eigenvalue weighted by Gasteiger charge is 2.05. The van der Waals surface area contributed by atoms with Crippen molar-refractivity contribution in [3.63, 3.8) is 0 Å². The van der Waals surface area contributed by atoms with Crippen LogP contribution in [0.2, 0.25) is 0 Å². The van der Waals surface area contributed by atoms with Crippen LogP contribution in [0.5, 0.6) is 0 Å². The van der Waals surface area contributed by atoms with Crippen molar-refractivity contribution < 1.29 is 14.7 Å². The zero-order valence-corrected chi connectivity index (χ0v) is 8.03. The molecule has 82 valence electrons. The van der Waals surface area contributed by atoms with Crippen LogP contribution in [-0.2, 0) is 9.59 Å². The van der Waals surface area contributed by atoms with E-state index in [-0.39, 0.29) is 12.6 Å². The molecule has 0 aromatic carbocycles. The van der Waals surface area contributed by atoms with Gasteiger partial charge in [0.05, 0.1) is 6.04 Å². The maximum absolute atomic E-state index is 10.5. The van der Waals surface area contributed by atoms with Gasteiger partial charge in [-0.25, -0.2) is 10.9 Å². The highest BCUT2D eigenvalue weighted by atomic mass is 16.4. The summed E-state index contributed by atoms with van der Waals surface area (Å²) in [7, 11) is 0. The number of rotatable bonds is 9. The van der Waals surface area contributed by atoms with Crippen LogP contribution in [-0.4, -0.2) is 36.5 Å². The SMILES string of the molecule is NCCCC[C@H](C=O)NNCC(=O)O. The summed E-state index contributed by atoms with van der Waals surface area (Å²) >= 11 is 0. The second-order valence-corrected chi connectivity index (χ2v) is 2.92. The van der Waals surface area contributed by atoms with Gasteiger partial charge in [0.1, 0.15) is 12.8 Å². The fourth-order valence-corrected chi connectivity index (χ4v) is 0.941. The maximum Gasteiger partial charge on any atom is 0.318 e. The van der Waals surface area contributed by atoms with Gasteiger partial charge in [-0.1, -0.05) is 6.42 Å². The summed E-state index contributed by atoms with van der Waals surface area (Å²) in [5, 5.41) is 8.31. The van der Waals surface area contributed by atoms with E-state index >= 15 is 0 Å². The van der Waals surface area contributed by atoms with E-state index in [9.17, 15) is 9.59 Å². The molecule has 0 radical (unpaired) electrons. The molecule has 6 heteroatoms. The first-order valence-corrected chi connectivity index (χ1v) is 4.56. The van der Waals surface area contributed by atoms with E-state index in [2.05, 4.69) is 10.9 Å². The van der Waals surface area contributed by atoms with Gasteiger partial charge in [-0.2, -0.15) is 0 Å². The maximum atomic E-state index is 10.5. The van der Waals surface area contributed by atoms with Crippen LogP contribution in [0, 0.1) is 0 Å². The van der Waals surface area contributed by atoms with Gasteiger partial charge in [-0.15, -0.1) is 0 Å². The summed E-state index contributed by atoms with van der Waals surface area (Å²) in [5.41, 5.74) is 10.4. The highest BCUT2D eigenvalue weighted by molar-refractivity contribution is 5.69. The van der Waals surface area contributed by atoms with Crippen LogP contribution in [0.3, 0.4) is 0 Å². The largest absolute Gasteiger partial charge is 0.480 e. The van der Waals surface area contributed by atoms with E-state index in [1.54, 1.807) is 0 Å². The van der Waals surface area contributed by atoms with Crippen LogP contribution in [0.15, 0.2) is 0 Å². The number of carbonyl (C=O) groups is 2. The van der Waals surface area contributed by atoms with E-state index in [0.29, 0.717) is 13.0 Å². The molecule has 0 aliphatic heterocycles. The first-order valence-electron chi connectivity index (χ1n) is 4.56. The van der Waals surface area contributed by atoms with Crippen LogP contribution in [0.1, 0.15) is 19.3 Å². The molecule has 0 unspecified atom stereocenters. The number of carboxylic acids is 1. The molecule has 0 fully saturated rings. The Morgan fingerprint density at radius 3 is 2.71 bits per heavy atom. The molecule has 0 saturated heterocycles. The molecule has 0 aromatic heterocycles. The molecule has 0 saturated carbocycles. The Labute approximate surface area is 82.8 Å². The molecule has 0 amide bonds. The fraction of sp³-hybridized carbons (Fsp3) is 0.750. The topological polar surface area (TPSA) is 104 Å². The second-order valence-electron chi connectivity index (χ2n) is 2.92. The standard InChI is InChI=1S/C8H17N3O3/c9-4-2-1-3-7(6-12)11-10-5-8(13)14/h6-7,10-11H,1-5,9H2,(H,13,14)/t7-/m1/s1. The minimum absolute atomic E-state index is 0.207. The average molecular weight is 203 g/mol. The molecular weight excluding hydrogens is 186 g/mol. The van der Waals surface area contributed by atoms with Gasteiger partial charge in [0, 0.05) is 0 Å². The summed E-state index contributed by atoms with van der Waals surface area (Å²) < 4.78 is 0. The molecule has 6 nitrogen and oxygen atoms in total. The van der Waals surface area contributed by atoms with Gasteiger partial charge in [0.2, 0.25) is 0 Å². The number of carboxylic acid groups (broad SMARTS) is 1. The molecule has 0 bridgehead atoms. The summed E-state index contributed by atoms with van der Waals surface area (Å²) in [4.78, 5) is 20.6. The van der Waals surface area contributed by atoms with Gasteiger partial charge in [0.25, 0.3) is 0 Å².